The summed E-state index contributed by atoms with van der Waals surface area (Å²) in [4.78, 5) is 0. The van der Waals surface area contributed by atoms with Gasteiger partial charge in [0.25, 0.3) is 0 Å². The van der Waals surface area contributed by atoms with Crippen molar-refractivity contribution < 1.29 is 9.15 Å². The monoisotopic (exact) mass is 275 g/mol. The van der Waals surface area contributed by atoms with Crippen LogP contribution in [0.3, 0.4) is 0 Å². The molecule has 0 radical (unpaired) electrons. The van der Waals surface area contributed by atoms with E-state index in [9.17, 15) is 0 Å². The zero-order valence-corrected chi connectivity index (χ0v) is 12.9. The SMILES string of the molecule is CCNC(c1cc2cc(C)ccc2o1)C(C)CCOC. The molecule has 2 atom stereocenters. The second-order valence-corrected chi connectivity index (χ2v) is 5.48. The zero-order valence-electron chi connectivity index (χ0n) is 12.9. The Hall–Kier alpha value is -1.32. The summed E-state index contributed by atoms with van der Waals surface area (Å²) in [5.41, 5.74) is 2.23. The first-order valence-electron chi connectivity index (χ1n) is 7.38. The van der Waals surface area contributed by atoms with Crippen LogP contribution in [-0.4, -0.2) is 20.3 Å². The molecule has 2 aromatic rings. The van der Waals surface area contributed by atoms with Crippen molar-refractivity contribution in [2.45, 2.75) is 33.2 Å². The summed E-state index contributed by atoms with van der Waals surface area (Å²) in [6.45, 7) is 8.18. The maximum atomic E-state index is 6.04. The van der Waals surface area contributed by atoms with Gasteiger partial charge in [-0.3, -0.25) is 0 Å². The first kappa shape index (κ1) is 15.1. The third-order valence-electron chi connectivity index (χ3n) is 3.77. The number of hydrogen-bond donors (Lipinski definition) is 1. The van der Waals surface area contributed by atoms with Crippen molar-refractivity contribution in [1.82, 2.24) is 5.32 Å². The summed E-state index contributed by atoms with van der Waals surface area (Å²) in [7, 11) is 1.75. The minimum Gasteiger partial charge on any atom is -0.459 e. The van der Waals surface area contributed by atoms with Crippen LogP contribution in [-0.2, 0) is 4.74 Å². The molecule has 0 aliphatic carbocycles. The van der Waals surface area contributed by atoms with Crippen molar-refractivity contribution in [3.05, 3.63) is 35.6 Å². The highest BCUT2D eigenvalue weighted by molar-refractivity contribution is 5.78. The van der Waals surface area contributed by atoms with Crippen LogP contribution in [0, 0.1) is 12.8 Å². The van der Waals surface area contributed by atoms with Crippen LogP contribution in [0.1, 0.15) is 37.6 Å². The van der Waals surface area contributed by atoms with E-state index in [4.69, 9.17) is 9.15 Å². The number of rotatable bonds is 7. The van der Waals surface area contributed by atoms with E-state index in [0.717, 1.165) is 30.9 Å². The normalized spacial score (nSPS) is 14.6. The summed E-state index contributed by atoms with van der Waals surface area (Å²) < 4.78 is 11.2. The van der Waals surface area contributed by atoms with E-state index in [1.807, 2.05) is 0 Å². The molecule has 2 unspecified atom stereocenters. The van der Waals surface area contributed by atoms with Gasteiger partial charge in [-0.15, -0.1) is 0 Å². The molecule has 3 heteroatoms. The molecule has 0 fully saturated rings. The maximum absolute atomic E-state index is 6.04. The molecule has 3 nitrogen and oxygen atoms in total. The lowest BCUT2D eigenvalue weighted by atomic mass is 9.96. The number of furan rings is 1. The van der Waals surface area contributed by atoms with E-state index >= 15 is 0 Å². The molecular weight excluding hydrogens is 250 g/mol. The highest BCUT2D eigenvalue weighted by Gasteiger charge is 2.22. The molecule has 0 saturated carbocycles. The smallest absolute Gasteiger partial charge is 0.134 e. The van der Waals surface area contributed by atoms with Gasteiger partial charge >= 0.3 is 0 Å². The van der Waals surface area contributed by atoms with Gasteiger partial charge in [-0.05, 0) is 44.0 Å². The maximum Gasteiger partial charge on any atom is 0.134 e. The van der Waals surface area contributed by atoms with E-state index in [-0.39, 0.29) is 6.04 Å². The fourth-order valence-electron chi connectivity index (χ4n) is 2.61. The highest BCUT2D eigenvalue weighted by atomic mass is 16.5. The summed E-state index contributed by atoms with van der Waals surface area (Å²) in [6.07, 6.45) is 1.02. The number of ether oxygens (including phenoxy) is 1. The molecule has 0 saturated heterocycles. The first-order valence-corrected chi connectivity index (χ1v) is 7.38. The van der Waals surface area contributed by atoms with Gasteiger partial charge in [-0.25, -0.2) is 0 Å². The Morgan fingerprint density at radius 3 is 2.80 bits per heavy atom. The fraction of sp³-hybridized carbons (Fsp3) is 0.529. The van der Waals surface area contributed by atoms with Crippen molar-refractivity contribution in [3.63, 3.8) is 0 Å². The average molecular weight is 275 g/mol. The quantitative estimate of drug-likeness (QED) is 0.827. The number of aryl methyl sites for hydroxylation is 1. The summed E-state index contributed by atoms with van der Waals surface area (Å²) in [6, 6.07) is 8.72. The van der Waals surface area contributed by atoms with Gasteiger partial charge in [0, 0.05) is 19.1 Å². The first-order chi connectivity index (χ1) is 9.65. The van der Waals surface area contributed by atoms with Gasteiger partial charge in [0.1, 0.15) is 11.3 Å². The third kappa shape index (κ3) is 3.41. The van der Waals surface area contributed by atoms with Crippen molar-refractivity contribution in [2.24, 2.45) is 5.92 Å². The van der Waals surface area contributed by atoms with E-state index in [2.05, 4.69) is 50.4 Å². The molecule has 2 rings (SSSR count). The van der Waals surface area contributed by atoms with Crippen LogP contribution in [0.4, 0.5) is 0 Å². The zero-order chi connectivity index (χ0) is 14.5. The molecular formula is C17H25NO2. The Balaban J connectivity index is 2.26. The van der Waals surface area contributed by atoms with E-state index in [0.29, 0.717) is 5.92 Å². The Kier molecular flexibility index (Phi) is 5.21. The Bertz CT molecular complexity index is 547. The van der Waals surface area contributed by atoms with Gasteiger partial charge in [0.15, 0.2) is 0 Å². The minimum absolute atomic E-state index is 0.239. The Labute approximate surface area is 121 Å². The second-order valence-electron chi connectivity index (χ2n) is 5.48. The lowest BCUT2D eigenvalue weighted by molar-refractivity contribution is 0.167. The van der Waals surface area contributed by atoms with Gasteiger partial charge in [-0.2, -0.15) is 0 Å². The predicted octanol–water partition coefficient (Wildman–Crippen LogP) is 4.06. The number of fused-ring (bicyclic) bond motifs is 1. The lowest BCUT2D eigenvalue weighted by Gasteiger charge is -2.22. The van der Waals surface area contributed by atoms with Crippen molar-refractivity contribution in [3.8, 4) is 0 Å². The third-order valence-corrected chi connectivity index (χ3v) is 3.77. The topological polar surface area (TPSA) is 34.4 Å². The average Bonchev–Trinajstić information content (AvgIpc) is 2.84. The number of nitrogens with one attached hydrogen (secondary N) is 1. The molecule has 0 aliphatic heterocycles. The van der Waals surface area contributed by atoms with Crippen LogP contribution in [0.5, 0.6) is 0 Å². The van der Waals surface area contributed by atoms with E-state index < -0.39 is 0 Å². The standard InChI is InChI=1S/C17H25NO2/c1-5-18-17(13(3)8-9-19-4)16-11-14-10-12(2)6-7-15(14)20-16/h6-7,10-11,13,17-18H,5,8-9H2,1-4H3. The van der Waals surface area contributed by atoms with Crippen molar-refractivity contribution >= 4 is 11.0 Å². The minimum atomic E-state index is 0.239. The van der Waals surface area contributed by atoms with Gasteiger partial charge in [0.05, 0.1) is 6.04 Å². The fourth-order valence-corrected chi connectivity index (χ4v) is 2.61. The molecule has 0 amide bonds. The van der Waals surface area contributed by atoms with Crippen LogP contribution in [0.2, 0.25) is 0 Å². The van der Waals surface area contributed by atoms with E-state index in [1.165, 1.54) is 10.9 Å². The van der Waals surface area contributed by atoms with Crippen molar-refractivity contribution in [2.75, 3.05) is 20.3 Å². The number of hydrogen-bond acceptors (Lipinski definition) is 3. The summed E-state index contributed by atoms with van der Waals surface area (Å²) in [5.74, 6) is 1.49. The molecule has 1 heterocycles. The van der Waals surface area contributed by atoms with Crippen LogP contribution in [0.15, 0.2) is 28.7 Å². The van der Waals surface area contributed by atoms with Gasteiger partial charge in [-0.1, -0.05) is 25.5 Å². The predicted molar refractivity (Wildman–Crippen MR) is 83.0 cm³/mol. The summed E-state index contributed by atoms with van der Waals surface area (Å²) in [5, 5.41) is 4.72. The molecule has 0 bridgehead atoms. The number of benzene rings is 1. The van der Waals surface area contributed by atoms with Crippen molar-refractivity contribution in [1.29, 1.82) is 0 Å². The van der Waals surface area contributed by atoms with Gasteiger partial charge in [0.2, 0.25) is 0 Å². The highest BCUT2D eigenvalue weighted by Crippen LogP contribution is 2.30. The van der Waals surface area contributed by atoms with Gasteiger partial charge < -0.3 is 14.5 Å². The van der Waals surface area contributed by atoms with Crippen LogP contribution < -0.4 is 5.32 Å². The number of methoxy groups -OCH3 is 1. The lowest BCUT2D eigenvalue weighted by Crippen LogP contribution is -2.27. The molecule has 1 aromatic heterocycles. The Morgan fingerprint density at radius 1 is 1.30 bits per heavy atom. The Morgan fingerprint density at radius 2 is 2.10 bits per heavy atom. The largest absolute Gasteiger partial charge is 0.459 e. The molecule has 1 aromatic carbocycles. The molecule has 1 N–H and O–H groups in total. The molecule has 110 valence electrons. The molecule has 0 spiro atoms. The van der Waals surface area contributed by atoms with Crippen LogP contribution >= 0.6 is 0 Å². The second kappa shape index (κ2) is 6.91. The van der Waals surface area contributed by atoms with Crippen LogP contribution in [0.25, 0.3) is 11.0 Å². The summed E-state index contributed by atoms with van der Waals surface area (Å²) >= 11 is 0. The van der Waals surface area contributed by atoms with E-state index in [1.54, 1.807) is 7.11 Å². The molecule has 20 heavy (non-hydrogen) atoms. The molecule has 0 aliphatic rings.